The van der Waals surface area contributed by atoms with Crippen LogP contribution in [0.15, 0.2) is 16.3 Å². The summed E-state index contributed by atoms with van der Waals surface area (Å²) >= 11 is 5.65. The standard InChI is InChI=1S/C13H20N2OS2/c1-10(8-15-4-2-3-5-15)7-14-13(16)12-6-11(17)9-18-12/h6,9-10,17H,2-5,7-8H2,1H3,(H,14,16). The molecule has 3 nitrogen and oxygen atoms in total. The molecule has 1 aromatic rings. The number of thiophene rings is 1. The van der Waals surface area contributed by atoms with Crippen LogP contribution >= 0.6 is 24.0 Å². The summed E-state index contributed by atoms with van der Waals surface area (Å²) in [7, 11) is 0. The van der Waals surface area contributed by atoms with Gasteiger partial charge in [-0.25, -0.2) is 0 Å². The quantitative estimate of drug-likeness (QED) is 0.814. The minimum Gasteiger partial charge on any atom is -0.351 e. The zero-order chi connectivity index (χ0) is 13.0. The Morgan fingerprint density at radius 3 is 2.89 bits per heavy atom. The first-order chi connectivity index (χ1) is 8.65. The Kier molecular flexibility index (Phi) is 5.09. The van der Waals surface area contributed by atoms with E-state index in [1.54, 1.807) is 0 Å². The van der Waals surface area contributed by atoms with Crippen LogP contribution in [0.1, 0.15) is 29.4 Å². The number of nitrogens with one attached hydrogen (secondary N) is 1. The summed E-state index contributed by atoms with van der Waals surface area (Å²) in [6, 6.07) is 1.81. The van der Waals surface area contributed by atoms with E-state index >= 15 is 0 Å². The summed E-state index contributed by atoms with van der Waals surface area (Å²) in [6.45, 7) is 6.45. The van der Waals surface area contributed by atoms with Gasteiger partial charge in [0.05, 0.1) is 4.88 Å². The van der Waals surface area contributed by atoms with Crippen molar-refractivity contribution in [2.75, 3.05) is 26.2 Å². The lowest BCUT2D eigenvalue weighted by molar-refractivity contribution is 0.0949. The Labute approximate surface area is 118 Å². The number of thiol groups is 1. The minimum atomic E-state index is 0.0218. The molecular formula is C13H20N2OS2. The fourth-order valence-corrected chi connectivity index (χ4v) is 3.33. The molecule has 0 saturated carbocycles. The van der Waals surface area contributed by atoms with Gasteiger partial charge in [-0.1, -0.05) is 6.92 Å². The summed E-state index contributed by atoms with van der Waals surface area (Å²) in [5, 5.41) is 4.88. The van der Waals surface area contributed by atoms with E-state index in [0.717, 1.165) is 22.9 Å². The normalized spacial score (nSPS) is 17.9. The first kappa shape index (κ1) is 13.9. The van der Waals surface area contributed by atoms with Crippen LogP contribution in [0.25, 0.3) is 0 Å². The second-order valence-corrected chi connectivity index (χ2v) is 6.42. The Morgan fingerprint density at radius 2 is 2.28 bits per heavy atom. The molecule has 0 aromatic carbocycles. The lowest BCUT2D eigenvalue weighted by Gasteiger charge is -2.20. The molecule has 0 bridgehead atoms. The van der Waals surface area contributed by atoms with Gasteiger partial charge in [0.15, 0.2) is 0 Å². The van der Waals surface area contributed by atoms with Crippen LogP contribution in [0.4, 0.5) is 0 Å². The first-order valence-corrected chi connectivity index (χ1v) is 7.76. The summed E-state index contributed by atoms with van der Waals surface area (Å²) < 4.78 is 0. The highest BCUT2D eigenvalue weighted by atomic mass is 32.1. The second-order valence-electron chi connectivity index (χ2n) is 4.99. The van der Waals surface area contributed by atoms with E-state index in [9.17, 15) is 4.79 Å². The van der Waals surface area contributed by atoms with Crippen molar-refractivity contribution in [2.45, 2.75) is 24.7 Å². The summed E-state index contributed by atoms with van der Waals surface area (Å²) in [6.07, 6.45) is 2.64. The number of carbonyl (C=O) groups excluding carboxylic acids is 1. The van der Waals surface area contributed by atoms with Crippen molar-refractivity contribution < 1.29 is 4.79 Å². The summed E-state index contributed by atoms with van der Waals surface area (Å²) in [5.41, 5.74) is 0. The molecule has 1 N–H and O–H groups in total. The lowest BCUT2D eigenvalue weighted by atomic mass is 10.1. The van der Waals surface area contributed by atoms with E-state index in [0.29, 0.717) is 5.92 Å². The largest absolute Gasteiger partial charge is 0.351 e. The number of carbonyl (C=O) groups is 1. The van der Waals surface area contributed by atoms with Crippen molar-refractivity contribution in [3.8, 4) is 0 Å². The average Bonchev–Trinajstić information content (AvgIpc) is 2.97. The number of likely N-dealkylation sites (tertiary alicyclic amines) is 1. The number of hydrogen-bond acceptors (Lipinski definition) is 4. The molecule has 5 heteroatoms. The molecule has 2 rings (SSSR count). The van der Waals surface area contributed by atoms with Gasteiger partial charge in [-0.15, -0.1) is 24.0 Å². The average molecular weight is 284 g/mol. The Bertz CT molecular complexity index is 399. The van der Waals surface area contributed by atoms with Gasteiger partial charge in [0.25, 0.3) is 5.91 Å². The van der Waals surface area contributed by atoms with Gasteiger partial charge in [-0.3, -0.25) is 4.79 Å². The molecule has 1 atom stereocenters. The Balaban J connectivity index is 1.71. The Hall–Kier alpha value is -0.520. The maximum atomic E-state index is 11.9. The maximum absolute atomic E-state index is 11.9. The van der Waals surface area contributed by atoms with Gasteiger partial charge in [0.1, 0.15) is 0 Å². The molecule has 0 spiro atoms. The van der Waals surface area contributed by atoms with Crippen molar-refractivity contribution in [2.24, 2.45) is 5.92 Å². The van der Waals surface area contributed by atoms with E-state index in [-0.39, 0.29) is 5.91 Å². The predicted octanol–water partition coefficient (Wildman–Crippen LogP) is 2.50. The highest BCUT2D eigenvalue weighted by Crippen LogP contribution is 2.17. The Morgan fingerprint density at radius 1 is 1.56 bits per heavy atom. The summed E-state index contributed by atoms with van der Waals surface area (Å²) in [4.78, 5) is 15.9. The maximum Gasteiger partial charge on any atom is 0.261 e. The van der Waals surface area contributed by atoms with Gasteiger partial charge >= 0.3 is 0 Å². The molecule has 100 valence electrons. The van der Waals surface area contributed by atoms with Gasteiger partial charge in [-0.05, 0) is 37.9 Å². The molecule has 2 heterocycles. The van der Waals surface area contributed by atoms with Crippen LogP contribution in [0.2, 0.25) is 0 Å². The highest BCUT2D eigenvalue weighted by molar-refractivity contribution is 7.80. The van der Waals surface area contributed by atoms with Crippen LogP contribution in [-0.2, 0) is 0 Å². The van der Waals surface area contributed by atoms with E-state index in [2.05, 4.69) is 29.8 Å². The van der Waals surface area contributed by atoms with E-state index in [1.165, 1.54) is 37.3 Å². The topological polar surface area (TPSA) is 32.3 Å². The van der Waals surface area contributed by atoms with Crippen molar-refractivity contribution in [3.05, 3.63) is 16.3 Å². The highest BCUT2D eigenvalue weighted by Gasteiger charge is 2.15. The van der Waals surface area contributed by atoms with Crippen molar-refractivity contribution in [1.82, 2.24) is 10.2 Å². The molecule has 1 aliphatic heterocycles. The van der Waals surface area contributed by atoms with Gasteiger partial charge in [0.2, 0.25) is 0 Å². The number of rotatable bonds is 5. The third-order valence-corrected chi connectivity index (χ3v) is 4.55. The molecule has 18 heavy (non-hydrogen) atoms. The molecule has 1 saturated heterocycles. The smallest absolute Gasteiger partial charge is 0.261 e. The van der Waals surface area contributed by atoms with Crippen molar-refractivity contribution >= 4 is 29.9 Å². The predicted molar refractivity (Wildman–Crippen MR) is 78.7 cm³/mol. The molecule has 1 unspecified atom stereocenters. The monoisotopic (exact) mass is 284 g/mol. The van der Waals surface area contributed by atoms with E-state index < -0.39 is 0 Å². The molecule has 0 aliphatic carbocycles. The molecular weight excluding hydrogens is 264 g/mol. The van der Waals surface area contributed by atoms with Gasteiger partial charge in [-0.2, -0.15) is 0 Å². The van der Waals surface area contributed by atoms with Crippen LogP contribution in [-0.4, -0.2) is 37.0 Å². The fraction of sp³-hybridized carbons (Fsp3) is 0.615. The number of nitrogens with zero attached hydrogens (tertiary/aromatic N) is 1. The van der Waals surface area contributed by atoms with Crippen molar-refractivity contribution in [3.63, 3.8) is 0 Å². The lowest BCUT2D eigenvalue weighted by Crippen LogP contribution is -2.34. The SMILES string of the molecule is CC(CNC(=O)c1cc(S)cs1)CN1CCCC1. The molecule has 1 aromatic heterocycles. The van der Waals surface area contributed by atoms with Crippen molar-refractivity contribution in [1.29, 1.82) is 0 Å². The molecule has 0 radical (unpaired) electrons. The van der Waals surface area contributed by atoms with Crippen LogP contribution < -0.4 is 5.32 Å². The molecule has 1 fully saturated rings. The third-order valence-electron chi connectivity index (χ3n) is 3.19. The minimum absolute atomic E-state index is 0.0218. The van der Waals surface area contributed by atoms with Crippen LogP contribution in [0.5, 0.6) is 0 Å². The second kappa shape index (κ2) is 6.59. The number of hydrogen-bond donors (Lipinski definition) is 2. The van der Waals surface area contributed by atoms with Crippen LogP contribution in [0.3, 0.4) is 0 Å². The van der Waals surface area contributed by atoms with Gasteiger partial charge < -0.3 is 10.2 Å². The summed E-state index contributed by atoms with van der Waals surface area (Å²) in [5.74, 6) is 0.524. The van der Waals surface area contributed by atoms with Crippen LogP contribution in [0, 0.1) is 5.92 Å². The van der Waals surface area contributed by atoms with E-state index in [1.807, 2.05) is 11.4 Å². The third kappa shape index (κ3) is 4.00. The molecule has 1 amide bonds. The zero-order valence-corrected chi connectivity index (χ0v) is 12.4. The van der Waals surface area contributed by atoms with Gasteiger partial charge in [0, 0.05) is 23.4 Å². The first-order valence-electron chi connectivity index (χ1n) is 6.43. The zero-order valence-electron chi connectivity index (χ0n) is 10.7. The number of amides is 1. The van der Waals surface area contributed by atoms with E-state index in [4.69, 9.17) is 0 Å². The fourth-order valence-electron chi connectivity index (χ4n) is 2.27. The molecule has 1 aliphatic rings.